The van der Waals surface area contributed by atoms with Gasteiger partial charge in [0.1, 0.15) is 6.04 Å². The Balaban J connectivity index is 3.94. The van der Waals surface area contributed by atoms with Crippen LogP contribution in [-0.4, -0.2) is 40.5 Å². The van der Waals surface area contributed by atoms with Crippen molar-refractivity contribution in [2.75, 3.05) is 6.61 Å². The molecule has 0 saturated heterocycles. The van der Waals surface area contributed by atoms with Crippen molar-refractivity contribution < 1.29 is 24.6 Å². The summed E-state index contributed by atoms with van der Waals surface area (Å²) in [6, 6.07) is -1.16. The summed E-state index contributed by atoms with van der Waals surface area (Å²) in [6.07, 6.45) is 9.25. The Bertz CT molecular complexity index is 379. The third-order valence-electron chi connectivity index (χ3n) is 3.16. The molecule has 0 aliphatic rings. The Hall–Kier alpha value is -1.69. The molecule has 22 heavy (non-hydrogen) atoms. The summed E-state index contributed by atoms with van der Waals surface area (Å²) in [5.41, 5.74) is 0. The van der Waals surface area contributed by atoms with Crippen LogP contribution < -0.4 is 5.32 Å². The van der Waals surface area contributed by atoms with Crippen molar-refractivity contribution in [3.8, 4) is 0 Å². The lowest BCUT2D eigenvalue weighted by Crippen LogP contribution is -2.41. The number of ketones is 1. The Morgan fingerprint density at radius 1 is 1.14 bits per heavy atom. The van der Waals surface area contributed by atoms with Gasteiger partial charge in [0.25, 0.3) is 0 Å². The fraction of sp³-hybridized carbons (Fsp3) is 0.688. The first-order valence-corrected chi connectivity index (χ1v) is 7.83. The number of nitrogens with one attached hydrogen (secondary N) is 1. The van der Waals surface area contributed by atoms with Gasteiger partial charge in [0.15, 0.2) is 5.78 Å². The number of amides is 1. The molecular weight excluding hydrogens is 286 g/mol. The highest BCUT2D eigenvalue weighted by Crippen LogP contribution is 2.05. The van der Waals surface area contributed by atoms with E-state index in [1.54, 1.807) is 6.08 Å². The molecule has 0 aromatic rings. The molecule has 0 fully saturated rings. The van der Waals surface area contributed by atoms with Gasteiger partial charge in [-0.05, 0) is 18.9 Å². The van der Waals surface area contributed by atoms with Crippen molar-refractivity contribution in [2.45, 2.75) is 64.3 Å². The first kappa shape index (κ1) is 20.3. The maximum Gasteiger partial charge on any atom is 0.326 e. The van der Waals surface area contributed by atoms with Crippen molar-refractivity contribution in [3.05, 3.63) is 12.2 Å². The van der Waals surface area contributed by atoms with Crippen molar-refractivity contribution >= 4 is 17.7 Å². The standard InChI is InChI=1S/C16H27NO5/c1-2-3-4-5-6-7-8-9-13(19)12-15(20)17-14(10-11-18)16(21)22/h8-9,14,18H,2-7,10-12H2,1H3,(H,17,20)(H,21,22)/t14-/m0/s1. The average molecular weight is 313 g/mol. The van der Waals surface area contributed by atoms with Gasteiger partial charge in [-0.25, -0.2) is 4.79 Å². The third-order valence-corrected chi connectivity index (χ3v) is 3.16. The van der Waals surface area contributed by atoms with Crippen LogP contribution in [0.25, 0.3) is 0 Å². The minimum Gasteiger partial charge on any atom is -0.480 e. The van der Waals surface area contributed by atoms with Crippen LogP contribution in [0.2, 0.25) is 0 Å². The highest BCUT2D eigenvalue weighted by atomic mass is 16.4. The molecule has 6 nitrogen and oxygen atoms in total. The molecule has 126 valence electrons. The Morgan fingerprint density at radius 2 is 1.82 bits per heavy atom. The Morgan fingerprint density at radius 3 is 2.41 bits per heavy atom. The van der Waals surface area contributed by atoms with Gasteiger partial charge >= 0.3 is 5.97 Å². The van der Waals surface area contributed by atoms with Crippen molar-refractivity contribution in [2.24, 2.45) is 0 Å². The van der Waals surface area contributed by atoms with Gasteiger partial charge < -0.3 is 15.5 Å². The molecule has 0 unspecified atom stereocenters. The number of aliphatic carboxylic acids is 1. The minimum atomic E-state index is -1.22. The van der Waals surface area contributed by atoms with E-state index in [1.165, 1.54) is 25.3 Å². The number of rotatable bonds is 13. The van der Waals surface area contributed by atoms with E-state index in [0.717, 1.165) is 19.3 Å². The molecular formula is C16H27NO5. The van der Waals surface area contributed by atoms with E-state index < -0.39 is 17.9 Å². The number of allylic oxidation sites excluding steroid dienone is 2. The molecule has 0 aliphatic heterocycles. The third kappa shape index (κ3) is 11.0. The van der Waals surface area contributed by atoms with E-state index in [-0.39, 0.29) is 25.2 Å². The Labute approximate surface area is 131 Å². The smallest absolute Gasteiger partial charge is 0.326 e. The fourth-order valence-corrected chi connectivity index (χ4v) is 1.93. The maximum atomic E-state index is 11.6. The van der Waals surface area contributed by atoms with E-state index >= 15 is 0 Å². The first-order chi connectivity index (χ1) is 10.5. The highest BCUT2D eigenvalue weighted by Gasteiger charge is 2.19. The molecule has 3 N–H and O–H groups in total. The molecule has 1 amide bonds. The summed E-state index contributed by atoms with van der Waals surface area (Å²) in [5.74, 6) is -2.21. The topological polar surface area (TPSA) is 104 Å². The summed E-state index contributed by atoms with van der Waals surface area (Å²) in [7, 11) is 0. The van der Waals surface area contributed by atoms with E-state index in [1.807, 2.05) is 0 Å². The number of carboxylic acids is 1. The number of hydrogen-bond acceptors (Lipinski definition) is 4. The van der Waals surface area contributed by atoms with Crippen LogP contribution in [0.3, 0.4) is 0 Å². The van der Waals surface area contributed by atoms with Crippen LogP contribution in [0.5, 0.6) is 0 Å². The van der Waals surface area contributed by atoms with Crippen LogP contribution in [0.1, 0.15) is 58.3 Å². The zero-order chi connectivity index (χ0) is 16.8. The average Bonchev–Trinajstić information content (AvgIpc) is 2.45. The highest BCUT2D eigenvalue weighted by molar-refractivity contribution is 6.04. The van der Waals surface area contributed by atoms with E-state index in [2.05, 4.69) is 12.2 Å². The number of carboxylic acid groups (broad SMARTS) is 1. The van der Waals surface area contributed by atoms with Gasteiger partial charge in [-0.15, -0.1) is 0 Å². The monoisotopic (exact) mass is 313 g/mol. The SMILES string of the molecule is CCCCCCCC=CC(=O)CC(=O)N[C@@H](CCO)C(=O)O. The van der Waals surface area contributed by atoms with Crippen molar-refractivity contribution in [1.82, 2.24) is 5.32 Å². The summed E-state index contributed by atoms with van der Waals surface area (Å²) in [4.78, 5) is 33.9. The molecule has 0 spiro atoms. The summed E-state index contributed by atoms with van der Waals surface area (Å²) in [6.45, 7) is 1.81. The van der Waals surface area contributed by atoms with Crippen LogP contribution in [0, 0.1) is 0 Å². The first-order valence-electron chi connectivity index (χ1n) is 7.83. The fourth-order valence-electron chi connectivity index (χ4n) is 1.93. The molecule has 0 saturated carbocycles. The molecule has 0 radical (unpaired) electrons. The number of aliphatic hydroxyl groups excluding tert-OH is 1. The van der Waals surface area contributed by atoms with Crippen LogP contribution >= 0.6 is 0 Å². The summed E-state index contributed by atoms with van der Waals surface area (Å²) in [5, 5.41) is 19.8. The largest absolute Gasteiger partial charge is 0.480 e. The molecule has 0 heterocycles. The second-order valence-corrected chi connectivity index (χ2v) is 5.22. The minimum absolute atomic E-state index is 0.0805. The van der Waals surface area contributed by atoms with Crippen LogP contribution in [-0.2, 0) is 14.4 Å². The van der Waals surface area contributed by atoms with Gasteiger partial charge in [0.2, 0.25) is 5.91 Å². The number of aliphatic hydroxyl groups is 1. The van der Waals surface area contributed by atoms with Crippen molar-refractivity contribution in [3.63, 3.8) is 0 Å². The van der Waals surface area contributed by atoms with Gasteiger partial charge in [-0.1, -0.05) is 38.7 Å². The second kappa shape index (κ2) is 13.0. The van der Waals surface area contributed by atoms with E-state index in [9.17, 15) is 14.4 Å². The van der Waals surface area contributed by atoms with E-state index in [4.69, 9.17) is 10.2 Å². The molecule has 0 rings (SSSR count). The summed E-state index contributed by atoms with van der Waals surface area (Å²) < 4.78 is 0. The molecule has 0 aliphatic carbocycles. The van der Waals surface area contributed by atoms with Crippen molar-refractivity contribution in [1.29, 1.82) is 0 Å². The number of carbonyl (C=O) groups is 3. The van der Waals surface area contributed by atoms with Gasteiger partial charge in [-0.3, -0.25) is 9.59 Å². The second-order valence-electron chi connectivity index (χ2n) is 5.22. The molecule has 6 heteroatoms. The van der Waals surface area contributed by atoms with E-state index in [0.29, 0.717) is 0 Å². The molecule has 1 atom stereocenters. The number of unbranched alkanes of at least 4 members (excludes halogenated alkanes) is 5. The predicted molar refractivity (Wildman–Crippen MR) is 83.4 cm³/mol. The van der Waals surface area contributed by atoms with Gasteiger partial charge in [-0.2, -0.15) is 0 Å². The zero-order valence-electron chi connectivity index (χ0n) is 13.2. The molecule has 0 aromatic heterocycles. The maximum absolute atomic E-state index is 11.6. The van der Waals surface area contributed by atoms with Gasteiger partial charge in [0, 0.05) is 13.0 Å². The number of hydrogen-bond donors (Lipinski definition) is 3. The number of carbonyl (C=O) groups excluding carboxylic acids is 2. The normalized spacial score (nSPS) is 12.3. The van der Waals surface area contributed by atoms with Gasteiger partial charge in [0.05, 0.1) is 6.42 Å². The zero-order valence-corrected chi connectivity index (χ0v) is 13.2. The molecule has 0 bridgehead atoms. The predicted octanol–water partition coefficient (Wildman–Crippen LogP) is 1.81. The summed E-state index contributed by atoms with van der Waals surface area (Å²) >= 11 is 0. The van der Waals surface area contributed by atoms with Crippen LogP contribution in [0.15, 0.2) is 12.2 Å². The quantitative estimate of drug-likeness (QED) is 0.273. The lowest BCUT2D eigenvalue weighted by Gasteiger charge is -2.12. The lowest BCUT2D eigenvalue weighted by molar-refractivity contribution is -0.142. The van der Waals surface area contributed by atoms with Crippen LogP contribution in [0.4, 0.5) is 0 Å². The Kier molecular flexibility index (Phi) is 12.0. The lowest BCUT2D eigenvalue weighted by atomic mass is 10.1. The molecule has 0 aromatic carbocycles.